The summed E-state index contributed by atoms with van der Waals surface area (Å²) in [5.41, 5.74) is 1.37. The zero-order valence-corrected chi connectivity index (χ0v) is 25.3. The highest BCUT2D eigenvalue weighted by Crippen LogP contribution is 2.42. The van der Waals surface area contributed by atoms with Crippen molar-refractivity contribution in [3.8, 4) is 0 Å². The van der Waals surface area contributed by atoms with Gasteiger partial charge in [-0.25, -0.2) is 22.6 Å². The number of benzene rings is 1. The summed E-state index contributed by atoms with van der Waals surface area (Å²) in [4.78, 5) is 34.4. The molecule has 1 aliphatic heterocycles. The van der Waals surface area contributed by atoms with Crippen LogP contribution in [0, 0.1) is 17.7 Å². The van der Waals surface area contributed by atoms with E-state index in [0.717, 1.165) is 10.6 Å². The molecule has 1 aromatic heterocycles. The van der Waals surface area contributed by atoms with Gasteiger partial charge in [0.1, 0.15) is 18.4 Å². The first-order valence-corrected chi connectivity index (χ1v) is 16.2. The number of allylic oxidation sites excluding steroid dienone is 1. The summed E-state index contributed by atoms with van der Waals surface area (Å²) in [6, 6.07) is 3.11. The average molecular weight is 627 g/mol. The number of esters is 2. The summed E-state index contributed by atoms with van der Waals surface area (Å²) < 4.78 is 49.9. The Kier molecular flexibility index (Phi) is 10.2. The molecule has 1 aliphatic carbocycles. The number of nitrogens with zero attached hydrogens (tertiary/aromatic N) is 3. The summed E-state index contributed by atoms with van der Waals surface area (Å²) >= 11 is 7.82. The van der Waals surface area contributed by atoms with E-state index >= 15 is 0 Å². The molecule has 1 saturated carbocycles. The van der Waals surface area contributed by atoms with Crippen molar-refractivity contribution in [3.05, 3.63) is 62.5 Å². The van der Waals surface area contributed by atoms with Gasteiger partial charge in [-0.05, 0) is 56.6 Å². The van der Waals surface area contributed by atoms with E-state index in [1.54, 1.807) is 13.1 Å². The minimum Gasteiger partial charge on any atom is -0.466 e. The van der Waals surface area contributed by atoms with Gasteiger partial charge in [0.05, 0.1) is 25.5 Å². The highest BCUT2D eigenvalue weighted by atomic mass is 35.5. The number of aromatic nitrogens is 1. The van der Waals surface area contributed by atoms with Crippen LogP contribution < -0.4 is 5.32 Å². The summed E-state index contributed by atoms with van der Waals surface area (Å²) in [5.74, 6) is -1.32. The van der Waals surface area contributed by atoms with Crippen LogP contribution in [0.15, 0.2) is 46.0 Å². The first-order chi connectivity index (χ1) is 19.5. The maximum absolute atomic E-state index is 13.9. The van der Waals surface area contributed by atoms with E-state index in [9.17, 15) is 22.4 Å². The van der Waals surface area contributed by atoms with Crippen LogP contribution in [0.2, 0.25) is 5.02 Å². The fourth-order valence-electron chi connectivity index (χ4n) is 5.21. The third kappa shape index (κ3) is 7.51. The fraction of sp³-hybridized carbons (Fsp3) is 0.481. The number of aliphatic imine (C=N–C) groups is 1. The van der Waals surface area contributed by atoms with Crippen molar-refractivity contribution in [2.24, 2.45) is 16.8 Å². The maximum Gasteiger partial charge on any atom is 0.338 e. The number of amidine groups is 1. The number of carbonyl (C=O) groups excluding carboxylic acids is 2. The van der Waals surface area contributed by atoms with Crippen LogP contribution in [0.3, 0.4) is 0 Å². The van der Waals surface area contributed by atoms with E-state index < -0.39 is 33.8 Å². The van der Waals surface area contributed by atoms with Crippen LogP contribution in [0.1, 0.15) is 49.2 Å². The number of thiazole rings is 1. The molecule has 4 rings (SSSR count). The standard InChI is InChI=1S/C27H32ClFN4O6S2/c1-4-39-21(34)15-33(41(3,36)37)14-16-5-7-17(8-6-16)23-22(27(35)38-2)24(19-10-9-18(29)13-20(19)28)32-25(31-23)26-30-11-12-40-26/h9-13,16-17,24H,4-8,14-15H2,1-3H3,(H,31,32)/t16-,17-,24?. The number of carbonyl (C=O) groups is 2. The zero-order chi connectivity index (χ0) is 29.7. The number of rotatable bonds is 10. The van der Waals surface area contributed by atoms with E-state index in [1.165, 1.54) is 36.6 Å². The van der Waals surface area contributed by atoms with Gasteiger partial charge in [0.2, 0.25) is 10.0 Å². The van der Waals surface area contributed by atoms with E-state index in [2.05, 4.69) is 10.3 Å². The molecule has 41 heavy (non-hydrogen) atoms. The molecule has 2 heterocycles. The third-order valence-corrected chi connectivity index (χ3v) is 9.49. The minimum absolute atomic E-state index is 0.00982. The number of sulfonamides is 1. The Balaban J connectivity index is 1.63. The molecule has 0 spiro atoms. The van der Waals surface area contributed by atoms with E-state index in [0.29, 0.717) is 47.8 Å². The van der Waals surface area contributed by atoms with Crippen LogP contribution >= 0.6 is 22.9 Å². The monoisotopic (exact) mass is 626 g/mol. The van der Waals surface area contributed by atoms with E-state index in [1.807, 2.05) is 5.38 Å². The van der Waals surface area contributed by atoms with Gasteiger partial charge in [-0.2, -0.15) is 4.31 Å². The number of hydrogen-bond acceptors (Lipinski definition) is 10. The molecule has 1 fully saturated rings. The molecule has 222 valence electrons. The Morgan fingerprint density at radius 1 is 1.24 bits per heavy atom. The van der Waals surface area contributed by atoms with Crippen LogP contribution in [0.5, 0.6) is 0 Å². The second-order valence-electron chi connectivity index (χ2n) is 9.91. The fourth-order valence-corrected chi connectivity index (χ4v) is 6.89. The first-order valence-electron chi connectivity index (χ1n) is 13.1. The normalized spacial score (nSPS) is 21.3. The van der Waals surface area contributed by atoms with Crippen LogP contribution in [0.4, 0.5) is 4.39 Å². The molecule has 1 atom stereocenters. The van der Waals surface area contributed by atoms with Gasteiger partial charge in [-0.1, -0.05) is 17.7 Å². The number of methoxy groups -OCH3 is 1. The smallest absolute Gasteiger partial charge is 0.338 e. The Hall–Kier alpha value is -2.87. The Labute approximate surface area is 247 Å². The molecule has 14 heteroatoms. The molecule has 0 saturated heterocycles. The molecule has 0 bridgehead atoms. The number of hydrogen-bond donors (Lipinski definition) is 1. The second kappa shape index (κ2) is 13.4. The molecule has 0 amide bonds. The van der Waals surface area contributed by atoms with Gasteiger partial charge < -0.3 is 14.8 Å². The van der Waals surface area contributed by atoms with Gasteiger partial charge >= 0.3 is 11.9 Å². The summed E-state index contributed by atoms with van der Waals surface area (Å²) in [5, 5.41) is 5.89. The molecule has 1 aromatic carbocycles. The lowest BCUT2D eigenvalue weighted by atomic mass is 9.78. The van der Waals surface area contributed by atoms with E-state index in [-0.39, 0.29) is 42.1 Å². The largest absolute Gasteiger partial charge is 0.466 e. The molecule has 2 aliphatic rings. The molecule has 1 N–H and O–H groups in total. The predicted molar refractivity (Wildman–Crippen MR) is 153 cm³/mol. The lowest BCUT2D eigenvalue weighted by molar-refractivity contribution is -0.143. The maximum atomic E-state index is 13.9. The van der Waals surface area contributed by atoms with E-state index in [4.69, 9.17) is 26.1 Å². The molecular weight excluding hydrogens is 595 g/mol. The summed E-state index contributed by atoms with van der Waals surface area (Å²) in [7, 11) is -2.34. The van der Waals surface area contributed by atoms with Crippen molar-refractivity contribution in [1.29, 1.82) is 0 Å². The Morgan fingerprint density at radius 2 is 1.98 bits per heavy atom. The van der Waals surface area contributed by atoms with Gasteiger partial charge in [0, 0.05) is 34.4 Å². The van der Waals surface area contributed by atoms with Gasteiger partial charge in [-0.15, -0.1) is 11.3 Å². The van der Waals surface area contributed by atoms with Crippen molar-refractivity contribution in [2.45, 2.75) is 38.6 Å². The average Bonchev–Trinajstić information content (AvgIpc) is 3.47. The van der Waals surface area contributed by atoms with Crippen molar-refractivity contribution < 1.29 is 31.9 Å². The molecule has 2 aromatic rings. The van der Waals surface area contributed by atoms with Crippen molar-refractivity contribution in [2.75, 3.05) is 33.1 Å². The van der Waals surface area contributed by atoms with Crippen molar-refractivity contribution >= 4 is 50.7 Å². The molecule has 0 radical (unpaired) electrons. The minimum atomic E-state index is -3.62. The lowest BCUT2D eigenvalue weighted by Gasteiger charge is -2.36. The first kappa shape index (κ1) is 31.1. The second-order valence-corrected chi connectivity index (χ2v) is 13.2. The lowest BCUT2D eigenvalue weighted by Crippen LogP contribution is -2.41. The highest BCUT2D eigenvalue weighted by molar-refractivity contribution is 7.88. The van der Waals surface area contributed by atoms with Crippen molar-refractivity contribution in [3.63, 3.8) is 0 Å². The predicted octanol–water partition coefficient (Wildman–Crippen LogP) is 4.08. The topological polar surface area (TPSA) is 127 Å². The summed E-state index contributed by atoms with van der Waals surface area (Å²) in [6.07, 6.45) is 5.32. The van der Waals surface area contributed by atoms with Gasteiger partial charge in [0.15, 0.2) is 10.8 Å². The van der Waals surface area contributed by atoms with Crippen LogP contribution in [-0.4, -0.2) is 68.5 Å². The molecule has 10 nitrogen and oxygen atoms in total. The zero-order valence-electron chi connectivity index (χ0n) is 22.9. The highest BCUT2D eigenvalue weighted by Gasteiger charge is 2.38. The third-order valence-electron chi connectivity index (χ3n) is 7.17. The van der Waals surface area contributed by atoms with Gasteiger partial charge in [-0.3, -0.25) is 9.79 Å². The molecular formula is C27H32ClFN4O6S2. The number of ether oxygens (including phenoxy) is 2. The van der Waals surface area contributed by atoms with Crippen LogP contribution in [-0.2, 0) is 29.1 Å². The number of nitrogens with one attached hydrogen (secondary N) is 1. The Bertz CT molecular complexity index is 1440. The summed E-state index contributed by atoms with van der Waals surface area (Å²) in [6.45, 7) is 1.70. The van der Waals surface area contributed by atoms with Gasteiger partial charge in [0.25, 0.3) is 0 Å². The van der Waals surface area contributed by atoms with Crippen LogP contribution in [0.25, 0.3) is 0 Å². The molecule has 1 unspecified atom stereocenters. The Morgan fingerprint density at radius 3 is 2.56 bits per heavy atom. The van der Waals surface area contributed by atoms with Crippen molar-refractivity contribution in [1.82, 2.24) is 14.6 Å². The SMILES string of the molecule is CCOC(=O)CN(C[C@H]1CC[C@H](C2=C(C(=O)OC)C(c3ccc(F)cc3Cl)N=C(c3nccs3)N2)CC1)S(C)(=O)=O. The number of halogens is 2. The quantitative estimate of drug-likeness (QED) is 0.391.